The topological polar surface area (TPSA) is 228 Å². The Bertz CT molecular complexity index is 1440. The average Bonchev–Trinajstić information content (AvgIpc) is 3.70. The largest absolute Gasteiger partial charge is 0.444 e. The SMILES string of the molecule is CN1CCCC1C(=O)N1CC[C@H](NC(=O)CN=C(NC(=O)OCc2ccc([N+](=O)[O-])cc2)NC(=O)OCc2ccc([N+](=O)[O-])cc2)C1. The highest BCUT2D eigenvalue weighted by molar-refractivity contribution is 6.02. The molecule has 47 heavy (non-hydrogen) atoms. The molecule has 0 radical (unpaired) electrons. The van der Waals surface area contributed by atoms with Crippen LogP contribution in [0.4, 0.5) is 21.0 Å². The molecule has 0 aliphatic carbocycles. The molecule has 0 bridgehead atoms. The van der Waals surface area contributed by atoms with Crippen LogP contribution in [0.15, 0.2) is 53.5 Å². The van der Waals surface area contributed by atoms with Gasteiger partial charge in [0.25, 0.3) is 11.4 Å². The van der Waals surface area contributed by atoms with E-state index in [2.05, 4.69) is 20.9 Å². The van der Waals surface area contributed by atoms with Crippen LogP contribution in [0.3, 0.4) is 0 Å². The summed E-state index contributed by atoms with van der Waals surface area (Å²) in [5.41, 5.74) is 0.617. The highest BCUT2D eigenvalue weighted by atomic mass is 16.6. The number of hydrogen-bond acceptors (Lipinski definition) is 12. The molecule has 0 aromatic heterocycles. The summed E-state index contributed by atoms with van der Waals surface area (Å²) in [5, 5.41) is 28.9. The summed E-state index contributed by atoms with van der Waals surface area (Å²) in [5.74, 6) is -0.952. The number of likely N-dealkylation sites (tertiary alicyclic amines) is 2. The molecule has 2 heterocycles. The maximum atomic E-state index is 12.9. The number of nitrogens with zero attached hydrogens (tertiary/aromatic N) is 5. The van der Waals surface area contributed by atoms with E-state index in [-0.39, 0.29) is 42.6 Å². The van der Waals surface area contributed by atoms with E-state index in [0.717, 1.165) is 19.4 Å². The predicted octanol–water partition coefficient (Wildman–Crippen LogP) is 1.82. The standard InChI is InChI=1S/C29H34N8O10/c1-34-13-2-3-24(34)26(39)35-14-12-21(16-35)31-25(38)15-30-27(32-28(40)46-17-19-4-8-22(9-5-19)36(42)43)33-29(41)47-18-20-6-10-23(11-7-20)37(44)45/h4-11,21,24H,2-3,12-18H2,1H3,(H,31,38)(H2,30,32,33,40,41)/t21-,24?/m0/s1. The lowest BCUT2D eigenvalue weighted by atomic mass is 10.2. The van der Waals surface area contributed by atoms with Gasteiger partial charge in [-0.05, 0) is 68.2 Å². The number of guanidine groups is 1. The van der Waals surface area contributed by atoms with Crippen LogP contribution < -0.4 is 16.0 Å². The zero-order chi connectivity index (χ0) is 33.9. The molecular formula is C29H34N8O10. The maximum absolute atomic E-state index is 12.9. The van der Waals surface area contributed by atoms with Crippen molar-refractivity contribution in [3.8, 4) is 0 Å². The summed E-state index contributed by atoms with van der Waals surface area (Å²) in [6, 6.07) is 10.2. The zero-order valence-electron chi connectivity index (χ0n) is 25.5. The number of aliphatic imine (C=N–C) groups is 1. The summed E-state index contributed by atoms with van der Waals surface area (Å²) in [4.78, 5) is 78.9. The molecule has 2 aromatic rings. The molecule has 3 N–H and O–H groups in total. The molecule has 4 rings (SSSR count). The minimum Gasteiger partial charge on any atom is -0.444 e. The summed E-state index contributed by atoms with van der Waals surface area (Å²) < 4.78 is 10.2. The van der Waals surface area contributed by atoms with Crippen molar-refractivity contribution in [1.82, 2.24) is 25.8 Å². The fourth-order valence-electron chi connectivity index (χ4n) is 5.04. The van der Waals surface area contributed by atoms with Crippen molar-refractivity contribution in [1.29, 1.82) is 0 Å². The van der Waals surface area contributed by atoms with Gasteiger partial charge in [-0.3, -0.25) is 45.4 Å². The van der Waals surface area contributed by atoms with Gasteiger partial charge in [0.05, 0.1) is 15.9 Å². The lowest BCUT2D eigenvalue weighted by Crippen LogP contribution is -2.46. The summed E-state index contributed by atoms with van der Waals surface area (Å²) >= 11 is 0. The first-order valence-corrected chi connectivity index (χ1v) is 14.7. The molecule has 2 fully saturated rings. The Morgan fingerprint density at radius 2 is 1.38 bits per heavy atom. The molecule has 2 saturated heterocycles. The first kappa shape index (κ1) is 34.2. The molecule has 2 atom stereocenters. The molecule has 0 spiro atoms. The Kier molecular flexibility index (Phi) is 11.7. The van der Waals surface area contributed by atoms with Gasteiger partial charge in [0.15, 0.2) is 0 Å². The third kappa shape index (κ3) is 10.2. The third-order valence-electron chi connectivity index (χ3n) is 7.53. The number of amides is 4. The van der Waals surface area contributed by atoms with E-state index in [9.17, 15) is 39.4 Å². The second kappa shape index (κ2) is 16.1. The van der Waals surface area contributed by atoms with Crippen LogP contribution >= 0.6 is 0 Å². The number of ether oxygens (including phenoxy) is 2. The number of hydrogen-bond donors (Lipinski definition) is 3. The van der Waals surface area contributed by atoms with Gasteiger partial charge in [-0.2, -0.15) is 0 Å². The number of benzene rings is 2. The molecule has 2 aromatic carbocycles. The van der Waals surface area contributed by atoms with Crippen LogP contribution in [0.25, 0.3) is 0 Å². The van der Waals surface area contributed by atoms with Crippen molar-refractivity contribution in [2.45, 2.75) is 44.6 Å². The maximum Gasteiger partial charge on any atom is 0.414 e. The van der Waals surface area contributed by atoms with Gasteiger partial charge in [-0.15, -0.1) is 0 Å². The highest BCUT2D eigenvalue weighted by Crippen LogP contribution is 2.20. The predicted molar refractivity (Wildman–Crippen MR) is 164 cm³/mol. The molecular weight excluding hydrogens is 620 g/mol. The molecule has 0 saturated carbocycles. The molecule has 4 amide bonds. The van der Waals surface area contributed by atoms with E-state index in [1.165, 1.54) is 48.5 Å². The van der Waals surface area contributed by atoms with E-state index in [1.807, 2.05) is 11.9 Å². The third-order valence-corrected chi connectivity index (χ3v) is 7.53. The first-order valence-electron chi connectivity index (χ1n) is 14.7. The van der Waals surface area contributed by atoms with Crippen molar-refractivity contribution in [2.24, 2.45) is 4.99 Å². The van der Waals surface area contributed by atoms with E-state index in [4.69, 9.17) is 9.47 Å². The molecule has 1 unspecified atom stereocenters. The van der Waals surface area contributed by atoms with Crippen molar-refractivity contribution in [2.75, 3.05) is 33.2 Å². The Morgan fingerprint density at radius 3 is 1.85 bits per heavy atom. The Balaban J connectivity index is 1.32. The minimum absolute atomic E-state index is 0.0370. The van der Waals surface area contributed by atoms with Gasteiger partial charge < -0.3 is 19.7 Å². The number of rotatable bonds is 10. The zero-order valence-corrected chi connectivity index (χ0v) is 25.5. The van der Waals surface area contributed by atoms with Crippen LogP contribution in [0, 0.1) is 20.2 Å². The van der Waals surface area contributed by atoms with Crippen LogP contribution in [-0.4, -0.2) is 94.9 Å². The van der Waals surface area contributed by atoms with Crippen LogP contribution in [0.2, 0.25) is 0 Å². The number of alkyl carbamates (subject to hydrolysis) is 2. The van der Waals surface area contributed by atoms with Crippen LogP contribution in [0.1, 0.15) is 30.4 Å². The van der Waals surface area contributed by atoms with Gasteiger partial charge in [-0.1, -0.05) is 0 Å². The molecule has 2 aliphatic heterocycles. The minimum atomic E-state index is -1.06. The number of non-ortho nitro benzene ring substituents is 2. The normalized spacial score (nSPS) is 17.3. The number of nitro benzene ring substituents is 2. The van der Waals surface area contributed by atoms with Crippen LogP contribution in [-0.2, 0) is 32.3 Å². The number of likely N-dealkylation sites (N-methyl/N-ethyl adjacent to an activating group) is 1. The van der Waals surface area contributed by atoms with Crippen molar-refractivity contribution < 1.29 is 38.5 Å². The van der Waals surface area contributed by atoms with E-state index < -0.39 is 40.4 Å². The monoisotopic (exact) mass is 654 g/mol. The quantitative estimate of drug-likeness (QED) is 0.145. The molecule has 18 nitrogen and oxygen atoms in total. The summed E-state index contributed by atoms with van der Waals surface area (Å²) in [7, 11) is 1.92. The van der Waals surface area contributed by atoms with Crippen molar-refractivity contribution in [3.05, 3.63) is 79.9 Å². The lowest BCUT2D eigenvalue weighted by Gasteiger charge is -2.25. The van der Waals surface area contributed by atoms with Gasteiger partial charge in [0.2, 0.25) is 17.8 Å². The average molecular weight is 655 g/mol. The van der Waals surface area contributed by atoms with Crippen molar-refractivity contribution in [3.63, 3.8) is 0 Å². The number of carbonyl (C=O) groups excluding carboxylic acids is 4. The highest BCUT2D eigenvalue weighted by Gasteiger charge is 2.35. The summed E-state index contributed by atoms with van der Waals surface area (Å²) in [6.07, 6.45) is 0.205. The van der Waals surface area contributed by atoms with Crippen LogP contribution in [0.5, 0.6) is 0 Å². The molecule has 250 valence electrons. The van der Waals surface area contributed by atoms with Gasteiger partial charge in [0, 0.05) is 43.4 Å². The Morgan fingerprint density at radius 1 is 0.851 bits per heavy atom. The van der Waals surface area contributed by atoms with Gasteiger partial charge in [-0.25, -0.2) is 14.6 Å². The van der Waals surface area contributed by atoms with E-state index in [0.29, 0.717) is 30.6 Å². The molecule has 18 heteroatoms. The number of nitrogens with one attached hydrogen (secondary N) is 3. The second-order valence-electron chi connectivity index (χ2n) is 10.9. The van der Waals surface area contributed by atoms with E-state index in [1.54, 1.807) is 4.90 Å². The fraction of sp³-hybridized carbons (Fsp3) is 0.414. The summed E-state index contributed by atoms with van der Waals surface area (Å²) in [6.45, 7) is 0.683. The number of nitro groups is 2. The lowest BCUT2D eigenvalue weighted by molar-refractivity contribution is -0.385. The second-order valence-corrected chi connectivity index (χ2v) is 10.9. The van der Waals surface area contributed by atoms with Gasteiger partial charge >= 0.3 is 12.2 Å². The Labute approximate surface area is 268 Å². The van der Waals surface area contributed by atoms with Crippen molar-refractivity contribution >= 4 is 41.3 Å². The van der Waals surface area contributed by atoms with Gasteiger partial charge in [0.1, 0.15) is 19.8 Å². The Hall–Kier alpha value is -5.65. The molecule has 2 aliphatic rings. The number of carbonyl (C=O) groups is 4. The first-order chi connectivity index (χ1) is 22.5. The smallest absolute Gasteiger partial charge is 0.414 e. The fourth-order valence-corrected chi connectivity index (χ4v) is 5.04. The van der Waals surface area contributed by atoms with E-state index >= 15 is 0 Å².